The highest BCUT2D eigenvalue weighted by atomic mass is 32.2. The normalized spacial score (nSPS) is 14.6. The SMILES string of the molecule is COc1ccc(S(=O)(=O)N2CCN(C)c3ccccc32)cc1. The van der Waals surface area contributed by atoms with Crippen molar-refractivity contribution in [3.63, 3.8) is 0 Å². The molecule has 2 aromatic carbocycles. The van der Waals surface area contributed by atoms with Crippen LogP contribution < -0.4 is 13.9 Å². The molecule has 3 rings (SSSR count). The Morgan fingerprint density at radius 2 is 1.59 bits per heavy atom. The van der Waals surface area contributed by atoms with Crippen LogP contribution in [0, 0.1) is 0 Å². The summed E-state index contributed by atoms with van der Waals surface area (Å²) in [5.41, 5.74) is 1.64. The number of fused-ring (bicyclic) bond motifs is 1. The standard InChI is InChI=1S/C16H18N2O3S/c1-17-11-12-18(16-6-4-3-5-15(16)17)22(19,20)14-9-7-13(21-2)8-10-14/h3-10H,11-12H2,1-2H3. The van der Waals surface area contributed by atoms with E-state index >= 15 is 0 Å². The molecule has 0 bridgehead atoms. The monoisotopic (exact) mass is 318 g/mol. The zero-order valence-corrected chi connectivity index (χ0v) is 13.4. The maximum absolute atomic E-state index is 12.9. The van der Waals surface area contributed by atoms with Gasteiger partial charge in [-0.05, 0) is 36.4 Å². The summed E-state index contributed by atoms with van der Waals surface area (Å²) in [4.78, 5) is 2.34. The summed E-state index contributed by atoms with van der Waals surface area (Å²) in [6.07, 6.45) is 0. The van der Waals surface area contributed by atoms with Gasteiger partial charge in [0.2, 0.25) is 0 Å². The van der Waals surface area contributed by atoms with Crippen molar-refractivity contribution in [3.8, 4) is 5.75 Å². The molecule has 0 amide bonds. The van der Waals surface area contributed by atoms with Crippen molar-refractivity contribution in [1.82, 2.24) is 0 Å². The largest absolute Gasteiger partial charge is 0.497 e. The molecular weight excluding hydrogens is 300 g/mol. The highest BCUT2D eigenvalue weighted by Crippen LogP contribution is 2.35. The second-order valence-corrected chi connectivity index (χ2v) is 7.03. The topological polar surface area (TPSA) is 49.9 Å². The van der Waals surface area contributed by atoms with Gasteiger partial charge < -0.3 is 9.64 Å². The van der Waals surface area contributed by atoms with Crippen molar-refractivity contribution in [3.05, 3.63) is 48.5 Å². The van der Waals surface area contributed by atoms with E-state index < -0.39 is 10.0 Å². The molecule has 0 radical (unpaired) electrons. The van der Waals surface area contributed by atoms with Gasteiger partial charge in [-0.3, -0.25) is 4.31 Å². The number of para-hydroxylation sites is 2. The Hall–Kier alpha value is -2.21. The number of likely N-dealkylation sites (N-methyl/N-ethyl adjacent to an activating group) is 1. The van der Waals surface area contributed by atoms with Gasteiger partial charge in [-0.1, -0.05) is 12.1 Å². The van der Waals surface area contributed by atoms with E-state index in [-0.39, 0.29) is 4.90 Å². The van der Waals surface area contributed by atoms with Crippen LogP contribution in [0.4, 0.5) is 11.4 Å². The van der Waals surface area contributed by atoms with Crippen LogP contribution in [0.5, 0.6) is 5.75 Å². The summed E-state index contributed by atoms with van der Waals surface area (Å²) < 4.78 is 32.4. The van der Waals surface area contributed by atoms with Gasteiger partial charge in [0.05, 0.1) is 29.9 Å². The lowest BCUT2D eigenvalue weighted by Crippen LogP contribution is -2.42. The van der Waals surface area contributed by atoms with Gasteiger partial charge in [-0.25, -0.2) is 8.42 Å². The number of ether oxygens (including phenoxy) is 1. The lowest BCUT2D eigenvalue weighted by molar-refractivity contribution is 0.414. The highest BCUT2D eigenvalue weighted by molar-refractivity contribution is 7.92. The quantitative estimate of drug-likeness (QED) is 0.871. The second kappa shape index (κ2) is 5.53. The number of hydrogen-bond donors (Lipinski definition) is 0. The van der Waals surface area contributed by atoms with Gasteiger partial charge in [-0.2, -0.15) is 0 Å². The average Bonchev–Trinajstić information content (AvgIpc) is 2.55. The van der Waals surface area contributed by atoms with Gasteiger partial charge in [0.1, 0.15) is 5.75 Å². The minimum absolute atomic E-state index is 0.271. The van der Waals surface area contributed by atoms with Gasteiger partial charge >= 0.3 is 0 Å². The van der Waals surface area contributed by atoms with Crippen molar-refractivity contribution in [1.29, 1.82) is 0 Å². The molecule has 0 aliphatic carbocycles. The lowest BCUT2D eigenvalue weighted by atomic mass is 10.2. The summed E-state index contributed by atoms with van der Waals surface area (Å²) >= 11 is 0. The molecule has 1 heterocycles. The fraction of sp³-hybridized carbons (Fsp3) is 0.250. The summed E-state index contributed by atoms with van der Waals surface area (Å²) in [6, 6.07) is 14.0. The number of benzene rings is 2. The van der Waals surface area contributed by atoms with Gasteiger partial charge in [0.25, 0.3) is 10.0 Å². The molecule has 22 heavy (non-hydrogen) atoms. The van der Waals surface area contributed by atoms with Crippen LogP contribution in [0.15, 0.2) is 53.4 Å². The third-order valence-corrected chi connectivity index (χ3v) is 5.68. The Morgan fingerprint density at radius 1 is 0.955 bits per heavy atom. The summed E-state index contributed by atoms with van der Waals surface area (Å²) in [5, 5.41) is 0. The van der Waals surface area contributed by atoms with E-state index in [4.69, 9.17) is 4.74 Å². The van der Waals surface area contributed by atoms with Gasteiger partial charge in [0, 0.05) is 13.6 Å². The molecule has 0 unspecified atom stereocenters. The van der Waals surface area contributed by atoms with Gasteiger partial charge in [-0.15, -0.1) is 0 Å². The van der Waals surface area contributed by atoms with Crippen molar-refractivity contribution >= 4 is 21.4 Å². The zero-order chi connectivity index (χ0) is 15.7. The van der Waals surface area contributed by atoms with E-state index in [1.807, 2.05) is 31.3 Å². The summed E-state index contributed by atoms with van der Waals surface area (Å²) in [7, 11) is -0.0485. The van der Waals surface area contributed by atoms with Gasteiger partial charge in [0.15, 0.2) is 0 Å². The molecule has 116 valence electrons. The molecule has 5 nitrogen and oxygen atoms in total. The molecule has 0 spiro atoms. The minimum Gasteiger partial charge on any atom is -0.497 e. The van der Waals surface area contributed by atoms with Crippen LogP contribution in [0.3, 0.4) is 0 Å². The third kappa shape index (κ3) is 2.39. The number of nitrogens with zero attached hydrogens (tertiary/aromatic N) is 2. The first-order chi connectivity index (χ1) is 10.5. The molecule has 2 aromatic rings. The first-order valence-electron chi connectivity index (χ1n) is 7.01. The van der Waals surface area contributed by atoms with E-state index in [0.717, 1.165) is 5.69 Å². The summed E-state index contributed by atoms with van der Waals surface area (Å²) in [6.45, 7) is 1.09. The molecule has 1 aliphatic heterocycles. The van der Waals surface area contributed by atoms with Crippen LogP contribution in [0.1, 0.15) is 0 Å². The molecule has 0 saturated carbocycles. The molecule has 0 fully saturated rings. The van der Waals surface area contributed by atoms with Crippen molar-refractivity contribution in [2.24, 2.45) is 0 Å². The maximum Gasteiger partial charge on any atom is 0.264 e. The molecule has 6 heteroatoms. The fourth-order valence-corrected chi connectivity index (χ4v) is 4.07. The second-order valence-electron chi connectivity index (χ2n) is 5.16. The Kier molecular flexibility index (Phi) is 3.70. The van der Waals surface area contributed by atoms with Crippen molar-refractivity contribution in [2.45, 2.75) is 4.90 Å². The molecular formula is C16H18N2O3S. The number of sulfonamides is 1. The predicted molar refractivity (Wildman–Crippen MR) is 87.2 cm³/mol. The zero-order valence-electron chi connectivity index (χ0n) is 12.6. The smallest absolute Gasteiger partial charge is 0.264 e. The van der Waals surface area contributed by atoms with Crippen LogP contribution in [0.25, 0.3) is 0 Å². The van der Waals surface area contributed by atoms with Crippen LogP contribution >= 0.6 is 0 Å². The Balaban J connectivity index is 2.04. The maximum atomic E-state index is 12.9. The number of rotatable bonds is 3. The van der Waals surface area contributed by atoms with E-state index in [2.05, 4.69) is 4.90 Å². The Morgan fingerprint density at radius 3 is 2.23 bits per heavy atom. The number of hydrogen-bond acceptors (Lipinski definition) is 4. The van der Waals surface area contributed by atoms with E-state index in [9.17, 15) is 8.42 Å². The minimum atomic E-state index is -3.57. The third-order valence-electron chi connectivity index (χ3n) is 3.85. The van der Waals surface area contributed by atoms with Crippen LogP contribution in [-0.4, -0.2) is 35.7 Å². The lowest BCUT2D eigenvalue weighted by Gasteiger charge is -2.36. The highest BCUT2D eigenvalue weighted by Gasteiger charge is 2.30. The first-order valence-corrected chi connectivity index (χ1v) is 8.45. The van der Waals surface area contributed by atoms with E-state index in [1.54, 1.807) is 31.4 Å². The Bertz CT molecular complexity index is 772. The summed E-state index contributed by atoms with van der Waals surface area (Å²) in [5.74, 6) is 0.637. The van der Waals surface area contributed by atoms with Crippen LogP contribution in [0.2, 0.25) is 0 Å². The number of anilines is 2. The van der Waals surface area contributed by atoms with Crippen molar-refractivity contribution in [2.75, 3.05) is 36.5 Å². The molecule has 1 aliphatic rings. The molecule has 0 aromatic heterocycles. The fourth-order valence-electron chi connectivity index (χ4n) is 2.60. The molecule has 0 saturated heterocycles. The van der Waals surface area contributed by atoms with E-state index in [1.165, 1.54) is 4.31 Å². The Labute approximate surface area is 130 Å². The van der Waals surface area contributed by atoms with E-state index in [0.29, 0.717) is 24.5 Å². The average molecular weight is 318 g/mol. The predicted octanol–water partition coefficient (Wildman–Crippen LogP) is 2.34. The molecule has 0 atom stereocenters. The van der Waals surface area contributed by atoms with Crippen molar-refractivity contribution < 1.29 is 13.2 Å². The first kappa shape index (κ1) is 14.7. The molecule has 0 N–H and O–H groups in total. The number of methoxy groups -OCH3 is 1. The van der Waals surface area contributed by atoms with Crippen LogP contribution in [-0.2, 0) is 10.0 Å².